The Labute approximate surface area is 176 Å². The zero-order valence-corrected chi connectivity index (χ0v) is 17.7. The van der Waals surface area contributed by atoms with E-state index in [-0.39, 0.29) is 11.8 Å². The van der Waals surface area contributed by atoms with Crippen molar-refractivity contribution in [2.45, 2.75) is 58.8 Å². The maximum absolute atomic E-state index is 12.8. The van der Waals surface area contributed by atoms with Crippen molar-refractivity contribution in [2.75, 3.05) is 6.54 Å². The van der Waals surface area contributed by atoms with E-state index in [1.54, 1.807) is 16.8 Å². The van der Waals surface area contributed by atoms with E-state index in [9.17, 15) is 9.59 Å². The Morgan fingerprint density at radius 2 is 1.60 bits per heavy atom. The van der Waals surface area contributed by atoms with E-state index in [2.05, 4.69) is 17.2 Å². The van der Waals surface area contributed by atoms with Crippen molar-refractivity contribution in [3.8, 4) is 5.69 Å². The summed E-state index contributed by atoms with van der Waals surface area (Å²) in [6.45, 7) is 4.40. The van der Waals surface area contributed by atoms with E-state index in [1.165, 1.54) is 37.0 Å². The molecule has 0 fully saturated rings. The minimum Gasteiger partial charge on any atom is -0.275 e. The molecule has 0 N–H and O–H groups in total. The predicted octanol–water partition coefficient (Wildman–Crippen LogP) is 4.94. The number of nitrogens with zero attached hydrogens (tertiary/aromatic N) is 4. The highest BCUT2D eigenvalue weighted by molar-refractivity contribution is 6.26. The molecule has 30 heavy (non-hydrogen) atoms. The first kappa shape index (κ1) is 20.3. The molecule has 3 aromatic rings. The molecule has 1 aromatic heterocycles. The Bertz CT molecular complexity index is 1060. The van der Waals surface area contributed by atoms with Crippen LogP contribution in [0.3, 0.4) is 0 Å². The second kappa shape index (κ2) is 8.78. The maximum Gasteiger partial charge on any atom is 0.261 e. The fraction of sp³-hybridized carbons (Fsp3) is 0.417. The molecule has 0 unspecified atom stereocenters. The van der Waals surface area contributed by atoms with Crippen LogP contribution >= 0.6 is 0 Å². The Morgan fingerprint density at radius 1 is 0.867 bits per heavy atom. The fourth-order valence-electron chi connectivity index (χ4n) is 4.23. The standard InChI is InChI=1S/C24H28N4O2/c1-3-5-6-7-8-9-11-17-16-28(26-25-17)21-15-14-20-22-18(21)12-10-13-19(22)23(29)27(4-2)24(20)30/h10,12-16H,3-9,11H2,1-2H3. The first-order valence-corrected chi connectivity index (χ1v) is 11.0. The Hall–Kier alpha value is -3.02. The quantitative estimate of drug-likeness (QED) is 0.374. The van der Waals surface area contributed by atoms with Crippen LogP contribution in [-0.2, 0) is 6.42 Å². The van der Waals surface area contributed by atoms with E-state index in [0.29, 0.717) is 23.1 Å². The average molecular weight is 405 g/mol. The van der Waals surface area contributed by atoms with E-state index in [1.807, 2.05) is 31.3 Å². The summed E-state index contributed by atoms with van der Waals surface area (Å²) in [6, 6.07) is 9.29. The molecule has 1 aliphatic heterocycles. The molecule has 2 heterocycles. The molecular weight excluding hydrogens is 376 g/mol. The van der Waals surface area contributed by atoms with E-state index in [0.717, 1.165) is 29.6 Å². The van der Waals surface area contributed by atoms with Gasteiger partial charge < -0.3 is 0 Å². The van der Waals surface area contributed by atoms with Gasteiger partial charge in [-0.1, -0.05) is 56.4 Å². The van der Waals surface area contributed by atoms with E-state index < -0.39 is 0 Å². The van der Waals surface area contributed by atoms with Crippen LogP contribution in [0.15, 0.2) is 36.5 Å². The molecule has 0 saturated carbocycles. The molecule has 0 radical (unpaired) electrons. The number of aromatic nitrogens is 3. The first-order chi connectivity index (χ1) is 14.7. The van der Waals surface area contributed by atoms with Gasteiger partial charge in [-0.25, -0.2) is 4.68 Å². The summed E-state index contributed by atoms with van der Waals surface area (Å²) in [4.78, 5) is 26.9. The molecule has 2 amide bonds. The van der Waals surface area contributed by atoms with Gasteiger partial charge >= 0.3 is 0 Å². The van der Waals surface area contributed by atoms with Gasteiger partial charge in [-0.3, -0.25) is 14.5 Å². The van der Waals surface area contributed by atoms with Crippen LogP contribution < -0.4 is 0 Å². The molecule has 0 spiro atoms. The molecule has 6 heteroatoms. The fourth-order valence-corrected chi connectivity index (χ4v) is 4.23. The lowest BCUT2D eigenvalue weighted by atomic mass is 9.93. The largest absolute Gasteiger partial charge is 0.275 e. The number of hydrogen-bond donors (Lipinski definition) is 0. The monoisotopic (exact) mass is 404 g/mol. The van der Waals surface area contributed by atoms with Crippen LogP contribution in [-0.4, -0.2) is 38.3 Å². The van der Waals surface area contributed by atoms with E-state index in [4.69, 9.17) is 0 Å². The average Bonchev–Trinajstić information content (AvgIpc) is 3.23. The molecule has 0 atom stereocenters. The first-order valence-electron chi connectivity index (χ1n) is 11.0. The van der Waals surface area contributed by atoms with Crippen molar-refractivity contribution in [1.29, 1.82) is 0 Å². The third-order valence-electron chi connectivity index (χ3n) is 5.86. The number of carbonyl (C=O) groups excluding carboxylic acids is 2. The summed E-state index contributed by atoms with van der Waals surface area (Å²) in [7, 11) is 0. The summed E-state index contributed by atoms with van der Waals surface area (Å²) < 4.78 is 1.76. The molecule has 6 nitrogen and oxygen atoms in total. The lowest BCUT2D eigenvalue weighted by Crippen LogP contribution is -2.40. The zero-order chi connectivity index (χ0) is 21.1. The number of unbranched alkanes of at least 4 members (excludes halogenated alkanes) is 5. The Balaban J connectivity index is 1.60. The highest BCUT2D eigenvalue weighted by Crippen LogP contribution is 2.33. The number of hydrogen-bond acceptors (Lipinski definition) is 4. The molecule has 156 valence electrons. The molecule has 0 aliphatic carbocycles. The van der Waals surface area contributed by atoms with Crippen molar-refractivity contribution in [1.82, 2.24) is 19.9 Å². The topological polar surface area (TPSA) is 68.1 Å². The van der Waals surface area contributed by atoms with Crippen molar-refractivity contribution >= 4 is 22.6 Å². The second-order valence-corrected chi connectivity index (χ2v) is 7.89. The Morgan fingerprint density at radius 3 is 2.37 bits per heavy atom. The van der Waals surface area contributed by atoms with Gasteiger partial charge in [0.15, 0.2) is 0 Å². The predicted molar refractivity (Wildman–Crippen MR) is 117 cm³/mol. The summed E-state index contributed by atoms with van der Waals surface area (Å²) in [5, 5.41) is 10.2. The van der Waals surface area contributed by atoms with Gasteiger partial charge in [-0.15, -0.1) is 5.10 Å². The number of carbonyl (C=O) groups is 2. The van der Waals surface area contributed by atoms with Gasteiger partial charge in [-0.05, 0) is 38.0 Å². The van der Waals surface area contributed by atoms with Gasteiger partial charge in [-0.2, -0.15) is 0 Å². The van der Waals surface area contributed by atoms with Gasteiger partial charge in [0.1, 0.15) is 0 Å². The van der Waals surface area contributed by atoms with Crippen LogP contribution in [0.5, 0.6) is 0 Å². The summed E-state index contributed by atoms with van der Waals surface area (Å²) in [6.07, 6.45) is 10.3. The van der Waals surface area contributed by atoms with Gasteiger partial charge in [0, 0.05) is 28.4 Å². The number of rotatable bonds is 9. The van der Waals surface area contributed by atoms with E-state index >= 15 is 0 Å². The molecule has 0 saturated heterocycles. The second-order valence-electron chi connectivity index (χ2n) is 7.89. The van der Waals surface area contributed by atoms with Crippen LogP contribution in [0, 0.1) is 0 Å². The number of imide groups is 1. The summed E-state index contributed by atoms with van der Waals surface area (Å²) in [5.74, 6) is -0.472. The van der Waals surface area contributed by atoms with Gasteiger partial charge in [0.05, 0.1) is 17.6 Å². The molecule has 4 rings (SSSR count). The maximum atomic E-state index is 12.8. The molecular formula is C24H28N4O2. The third-order valence-corrected chi connectivity index (χ3v) is 5.86. The van der Waals surface area contributed by atoms with Crippen LogP contribution in [0.2, 0.25) is 0 Å². The smallest absolute Gasteiger partial charge is 0.261 e. The number of benzene rings is 2. The minimum atomic E-state index is -0.236. The Kier molecular flexibility index (Phi) is 5.93. The van der Waals surface area contributed by atoms with Crippen molar-refractivity contribution in [3.63, 3.8) is 0 Å². The van der Waals surface area contributed by atoms with Crippen LogP contribution in [0.25, 0.3) is 16.5 Å². The zero-order valence-electron chi connectivity index (χ0n) is 17.7. The number of aryl methyl sites for hydroxylation is 1. The van der Waals surface area contributed by atoms with Crippen molar-refractivity contribution in [3.05, 3.63) is 53.3 Å². The van der Waals surface area contributed by atoms with Gasteiger partial charge in [0.2, 0.25) is 0 Å². The summed E-state index contributed by atoms with van der Waals surface area (Å²) >= 11 is 0. The SMILES string of the molecule is CCCCCCCCc1cn(-c2ccc3c4c(cccc24)C(=O)N(CC)C3=O)nn1. The number of amides is 2. The van der Waals surface area contributed by atoms with Crippen molar-refractivity contribution < 1.29 is 9.59 Å². The van der Waals surface area contributed by atoms with Crippen LogP contribution in [0.4, 0.5) is 0 Å². The lowest BCUT2D eigenvalue weighted by Gasteiger charge is -2.26. The molecule has 0 bridgehead atoms. The molecule has 2 aromatic carbocycles. The minimum absolute atomic E-state index is 0.236. The van der Waals surface area contributed by atoms with Crippen molar-refractivity contribution in [2.24, 2.45) is 0 Å². The highest BCUT2D eigenvalue weighted by Gasteiger charge is 2.32. The molecule has 1 aliphatic rings. The normalized spacial score (nSPS) is 13.5. The third kappa shape index (κ3) is 3.62. The highest BCUT2D eigenvalue weighted by atomic mass is 16.2. The lowest BCUT2D eigenvalue weighted by molar-refractivity contribution is 0.0619. The summed E-state index contributed by atoms with van der Waals surface area (Å²) in [5.41, 5.74) is 2.94. The van der Waals surface area contributed by atoms with Gasteiger partial charge in [0.25, 0.3) is 11.8 Å². The van der Waals surface area contributed by atoms with Crippen LogP contribution in [0.1, 0.15) is 78.8 Å².